The van der Waals surface area contributed by atoms with Gasteiger partial charge in [0.05, 0.1) is 6.04 Å². The molecule has 0 aromatic heterocycles. The maximum absolute atomic E-state index is 11.7. The van der Waals surface area contributed by atoms with Crippen LogP contribution in [0.2, 0.25) is 0 Å². The van der Waals surface area contributed by atoms with Crippen molar-refractivity contribution in [2.75, 3.05) is 0 Å². The number of carbonyl (C=O) groups is 1. The highest BCUT2D eigenvalue weighted by Gasteiger charge is 2.23. The molecule has 1 amide bonds. The maximum Gasteiger partial charge on any atom is 0.238 e. The van der Waals surface area contributed by atoms with Gasteiger partial charge in [0, 0.05) is 12.5 Å². The van der Waals surface area contributed by atoms with E-state index in [1.54, 1.807) is 0 Å². The lowest BCUT2D eigenvalue weighted by Crippen LogP contribution is -2.47. The van der Waals surface area contributed by atoms with Crippen molar-refractivity contribution in [3.8, 4) is 12.3 Å². The molecule has 3 nitrogen and oxygen atoms in total. The van der Waals surface area contributed by atoms with Gasteiger partial charge in [0.1, 0.15) is 0 Å². The summed E-state index contributed by atoms with van der Waals surface area (Å²) < 4.78 is 0. The van der Waals surface area contributed by atoms with Crippen LogP contribution in [-0.4, -0.2) is 18.0 Å². The Labute approximate surface area is 98.2 Å². The first kappa shape index (κ1) is 13.1. The normalized spacial score (nSPS) is 20.8. The molecule has 2 atom stereocenters. The highest BCUT2D eigenvalue weighted by atomic mass is 16.2. The van der Waals surface area contributed by atoms with Gasteiger partial charge >= 0.3 is 0 Å². The van der Waals surface area contributed by atoms with Crippen molar-refractivity contribution in [3.63, 3.8) is 0 Å². The molecule has 16 heavy (non-hydrogen) atoms. The highest BCUT2D eigenvalue weighted by molar-refractivity contribution is 5.82. The van der Waals surface area contributed by atoms with E-state index < -0.39 is 6.04 Å². The Morgan fingerprint density at radius 3 is 2.69 bits per heavy atom. The second-order valence-electron chi connectivity index (χ2n) is 4.71. The predicted molar refractivity (Wildman–Crippen MR) is 65.6 cm³/mol. The summed E-state index contributed by atoms with van der Waals surface area (Å²) >= 11 is 0. The van der Waals surface area contributed by atoms with Gasteiger partial charge in [-0.3, -0.25) is 4.79 Å². The third kappa shape index (κ3) is 3.86. The molecule has 1 rings (SSSR count). The molecular formula is C13H22N2O. The van der Waals surface area contributed by atoms with Gasteiger partial charge in [0.15, 0.2) is 0 Å². The lowest BCUT2D eigenvalue weighted by Gasteiger charge is -2.28. The third-order valence-corrected chi connectivity index (χ3v) is 3.40. The lowest BCUT2D eigenvalue weighted by molar-refractivity contribution is -0.123. The Balaban J connectivity index is 2.35. The minimum atomic E-state index is -0.559. The van der Waals surface area contributed by atoms with Crippen molar-refractivity contribution < 1.29 is 4.79 Å². The quantitative estimate of drug-likeness (QED) is 0.707. The van der Waals surface area contributed by atoms with Crippen molar-refractivity contribution in [1.82, 2.24) is 5.32 Å². The van der Waals surface area contributed by atoms with Crippen LogP contribution in [0, 0.1) is 18.3 Å². The molecule has 1 aliphatic carbocycles. The number of terminal acetylenes is 1. The number of hydrogen-bond donors (Lipinski definition) is 2. The fraction of sp³-hybridized carbons (Fsp3) is 0.769. The first-order valence-electron chi connectivity index (χ1n) is 6.14. The molecule has 0 aliphatic heterocycles. The monoisotopic (exact) mass is 222 g/mol. The van der Waals surface area contributed by atoms with Crippen LogP contribution < -0.4 is 11.1 Å². The average Bonchev–Trinajstić information content (AvgIpc) is 2.30. The molecule has 1 unspecified atom stereocenters. The summed E-state index contributed by atoms with van der Waals surface area (Å²) in [6.45, 7) is 2.07. The molecular weight excluding hydrogens is 200 g/mol. The van der Waals surface area contributed by atoms with E-state index in [9.17, 15) is 4.79 Å². The second kappa shape index (κ2) is 6.55. The van der Waals surface area contributed by atoms with E-state index in [1.807, 2.05) is 0 Å². The van der Waals surface area contributed by atoms with Crippen molar-refractivity contribution in [2.24, 2.45) is 11.7 Å². The summed E-state index contributed by atoms with van der Waals surface area (Å²) in [6.07, 6.45) is 11.8. The van der Waals surface area contributed by atoms with Gasteiger partial charge in [0.25, 0.3) is 0 Å². The Kier molecular flexibility index (Phi) is 5.34. The molecule has 0 aromatic carbocycles. The molecule has 0 saturated heterocycles. The summed E-state index contributed by atoms with van der Waals surface area (Å²) in [6, 6.07) is -0.340. The zero-order chi connectivity index (χ0) is 12.0. The molecule has 3 heteroatoms. The Hall–Kier alpha value is -1.01. The SMILES string of the molecule is C#CCC(N)C(=O)N[C@@H](C)C1CCCCC1. The van der Waals surface area contributed by atoms with Gasteiger partial charge in [-0.2, -0.15) is 0 Å². The van der Waals surface area contributed by atoms with E-state index >= 15 is 0 Å². The van der Waals surface area contributed by atoms with Gasteiger partial charge < -0.3 is 11.1 Å². The van der Waals surface area contributed by atoms with Gasteiger partial charge in [0.2, 0.25) is 5.91 Å². The van der Waals surface area contributed by atoms with Crippen LogP contribution in [-0.2, 0) is 4.79 Å². The molecule has 1 saturated carbocycles. The van der Waals surface area contributed by atoms with Gasteiger partial charge in [-0.25, -0.2) is 0 Å². The molecule has 0 radical (unpaired) electrons. The molecule has 3 N–H and O–H groups in total. The minimum Gasteiger partial charge on any atom is -0.352 e. The van der Waals surface area contributed by atoms with Gasteiger partial charge in [-0.05, 0) is 25.7 Å². The van der Waals surface area contributed by atoms with E-state index in [4.69, 9.17) is 12.2 Å². The van der Waals surface area contributed by atoms with Crippen LogP contribution in [0.25, 0.3) is 0 Å². The van der Waals surface area contributed by atoms with Crippen LogP contribution in [0.3, 0.4) is 0 Å². The number of nitrogens with one attached hydrogen (secondary N) is 1. The Morgan fingerprint density at radius 2 is 2.12 bits per heavy atom. The summed E-state index contributed by atoms with van der Waals surface area (Å²) in [4.78, 5) is 11.7. The first-order valence-corrected chi connectivity index (χ1v) is 6.14. The average molecular weight is 222 g/mol. The van der Waals surface area contributed by atoms with Gasteiger partial charge in [-0.15, -0.1) is 12.3 Å². The van der Waals surface area contributed by atoms with Crippen LogP contribution in [0.15, 0.2) is 0 Å². The van der Waals surface area contributed by atoms with Crippen molar-refractivity contribution in [1.29, 1.82) is 0 Å². The van der Waals surface area contributed by atoms with E-state index in [2.05, 4.69) is 18.2 Å². The zero-order valence-electron chi connectivity index (χ0n) is 10.0. The second-order valence-corrected chi connectivity index (χ2v) is 4.71. The standard InChI is InChI=1S/C13H22N2O/c1-3-7-12(14)13(16)15-10(2)11-8-5-4-6-9-11/h1,10-12H,4-9,14H2,2H3,(H,15,16)/t10-,12?/m0/s1. The largest absolute Gasteiger partial charge is 0.352 e. The number of rotatable bonds is 4. The summed E-state index contributed by atoms with van der Waals surface area (Å²) in [5, 5.41) is 2.97. The third-order valence-electron chi connectivity index (χ3n) is 3.40. The van der Waals surface area contributed by atoms with Crippen LogP contribution >= 0.6 is 0 Å². The summed E-state index contributed by atoms with van der Waals surface area (Å²) in [5.41, 5.74) is 5.65. The van der Waals surface area contributed by atoms with Crippen molar-refractivity contribution in [3.05, 3.63) is 0 Å². The van der Waals surface area contributed by atoms with E-state index in [1.165, 1.54) is 32.1 Å². The fourth-order valence-electron chi connectivity index (χ4n) is 2.30. The van der Waals surface area contributed by atoms with Crippen molar-refractivity contribution in [2.45, 2.75) is 57.5 Å². The number of amides is 1. The molecule has 0 heterocycles. The minimum absolute atomic E-state index is 0.115. The number of hydrogen-bond acceptors (Lipinski definition) is 2. The van der Waals surface area contributed by atoms with Crippen LogP contribution in [0.5, 0.6) is 0 Å². The van der Waals surface area contributed by atoms with E-state index in [0.29, 0.717) is 12.3 Å². The van der Waals surface area contributed by atoms with Gasteiger partial charge in [-0.1, -0.05) is 19.3 Å². The number of nitrogens with two attached hydrogens (primary N) is 1. The smallest absolute Gasteiger partial charge is 0.238 e. The Morgan fingerprint density at radius 1 is 1.50 bits per heavy atom. The molecule has 0 spiro atoms. The highest BCUT2D eigenvalue weighted by Crippen LogP contribution is 2.26. The van der Waals surface area contributed by atoms with E-state index in [0.717, 1.165) is 0 Å². The summed E-state index contributed by atoms with van der Waals surface area (Å²) in [5.74, 6) is 2.91. The first-order chi connectivity index (χ1) is 7.65. The maximum atomic E-state index is 11.7. The molecule has 1 aliphatic rings. The fourth-order valence-corrected chi connectivity index (χ4v) is 2.30. The van der Waals surface area contributed by atoms with E-state index in [-0.39, 0.29) is 11.9 Å². The summed E-state index contributed by atoms with van der Waals surface area (Å²) in [7, 11) is 0. The molecule has 0 aromatic rings. The molecule has 0 bridgehead atoms. The van der Waals surface area contributed by atoms with Crippen LogP contribution in [0.4, 0.5) is 0 Å². The molecule has 1 fully saturated rings. The Bertz CT molecular complexity index is 264. The van der Waals surface area contributed by atoms with Crippen LogP contribution in [0.1, 0.15) is 45.4 Å². The molecule has 90 valence electrons. The number of carbonyl (C=O) groups excluding carboxylic acids is 1. The predicted octanol–water partition coefficient (Wildman–Crippen LogP) is 1.42. The topological polar surface area (TPSA) is 55.1 Å². The van der Waals surface area contributed by atoms with Crippen molar-refractivity contribution >= 4 is 5.91 Å². The lowest BCUT2D eigenvalue weighted by atomic mass is 9.84. The zero-order valence-corrected chi connectivity index (χ0v) is 10.0.